The molecule has 0 unspecified atom stereocenters. The maximum Gasteiger partial charge on any atom is 0.253 e. The van der Waals surface area contributed by atoms with Gasteiger partial charge in [0.05, 0.1) is 39.6 Å². The molecule has 0 aromatic rings. The van der Waals surface area contributed by atoms with Crippen molar-refractivity contribution < 1.29 is 52.3 Å². The molecule has 1 aliphatic heterocycles. The van der Waals surface area contributed by atoms with Crippen molar-refractivity contribution in [2.75, 3.05) is 110 Å². The van der Waals surface area contributed by atoms with Gasteiger partial charge in [-0.1, -0.05) is 7.43 Å². The molecule has 0 fully saturated rings. The van der Waals surface area contributed by atoms with Crippen molar-refractivity contribution in [3.63, 3.8) is 0 Å². The predicted molar refractivity (Wildman–Crippen MR) is 173 cm³/mol. The van der Waals surface area contributed by atoms with Gasteiger partial charge in [0.1, 0.15) is 19.8 Å². The van der Waals surface area contributed by atoms with Crippen LogP contribution in [-0.4, -0.2) is 155 Å². The van der Waals surface area contributed by atoms with Crippen LogP contribution in [0.15, 0.2) is 12.2 Å². The first-order valence-corrected chi connectivity index (χ1v) is 15.8. The summed E-state index contributed by atoms with van der Waals surface area (Å²) in [5, 5.41) is 23.3. The van der Waals surface area contributed by atoms with E-state index in [2.05, 4.69) is 16.0 Å². The number of carbonyl (C=O) groups excluding carboxylic acids is 5. The molecule has 0 saturated heterocycles. The molecule has 0 aromatic carbocycles. The Kier molecular flexibility index (Phi) is 29.2. The lowest BCUT2D eigenvalue weighted by molar-refractivity contribution is -0.137. The normalized spacial score (nSPS) is 11.8. The van der Waals surface area contributed by atoms with E-state index >= 15 is 0 Å². The lowest BCUT2D eigenvalue weighted by Crippen LogP contribution is -2.39. The number of rotatable bonds is 24. The van der Waals surface area contributed by atoms with Gasteiger partial charge in [-0.25, -0.2) is 0 Å². The summed E-state index contributed by atoms with van der Waals surface area (Å²) in [6.07, 6.45) is 6.40. The van der Waals surface area contributed by atoms with Gasteiger partial charge in [-0.2, -0.15) is 23.5 Å². The summed E-state index contributed by atoms with van der Waals surface area (Å²) in [6, 6.07) is 0. The van der Waals surface area contributed by atoms with E-state index in [0.717, 1.165) is 22.1 Å². The first-order chi connectivity index (χ1) is 20.2. The zero-order chi connectivity index (χ0) is 31.4. The molecule has 0 bridgehead atoms. The molecular weight excluding hydrogens is 606 g/mol. The Morgan fingerprint density at radius 3 is 1.63 bits per heavy atom. The van der Waals surface area contributed by atoms with Gasteiger partial charge in [0, 0.05) is 59.8 Å². The zero-order valence-corrected chi connectivity index (χ0v) is 25.8. The number of hydrogen-bond acceptors (Lipinski definition) is 13. The number of aliphatic hydroxyl groups is 1. The minimum atomic E-state index is -0.565. The monoisotopic (exact) mass is 659 g/mol. The highest BCUT2D eigenvalue weighted by atomic mass is 32.2. The molecule has 43 heavy (non-hydrogen) atoms. The highest BCUT2D eigenvalue weighted by Crippen LogP contribution is 2.01. The Bertz CT molecular complexity index is 854. The number of carbonyl (C=O) groups is 5. The van der Waals surface area contributed by atoms with Crippen molar-refractivity contribution in [3.05, 3.63) is 12.2 Å². The molecule has 0 radical (unpaired) electrons. The van der Waals surface area contributed by atoms with E-state index in [9.17, 15) is 24.0 Å². The second kappa shape index (κ2) is 29.5. The number of hydrogen-bond donors (Lipinski definition) is 5. The topological polar surface area (TPSA) is 206 Å². The fourth-order valence-corrected chi connectivity index (χ4v) is 3.83. The van der Waals surface area contributed by atoms with Crippen LogP contribution in [-0.2, 0) is 42.9 Å². The van der Waals surface area contributed by atoms with Crippen LogP contribution >= 0.6 is 23.5 Å². The molecule has 5 N–H and O–H groups in total. The number of ether oxygens (including phenoxy) is 4. The fourth-order valence-electron chi connectivity index (χ4n) is 2.80. The van der Waals surface area contributed by atoms with Crippen LogP contribution in [0.5, 0.6) is 0 Å². The molecular formula is C26H53N5O10S2. The maximum absolute atomic E-state index is 11.6. The van der Waals surface area contributed by atoms with E-state index in [1.165, 1.54) is 12.2 Å². The Labute approximate surface area is 266 Å². The Morgan fingerprint density at radius 2 is 1.19 bits per heavy atom. The van der Waals surface area contributed by atoms with Crippen LogP contribution < -0.4 is 16.0 Å². The van der Waals surface area contributed by atoms with Gasteiger partial charge in [-0.15, -0.1) is 0 Å². The van der Waals surface area contributed by atoms with Crippen molar-refractivity contribution in [1.29, 1.82) is 5.41 Å². The average Bonchev–Trinajstić information content (AvgIpc) is 3.28. The fraction of sp³-hybridized carbons (Fsp3) is 0.692. The van der Waals surface area contributed by atoms with Crippen molar-refractivity contribution in [2.24, 2.45) is 0 Å². The third kappa shape index (κ3) is 25.7. The maximum atomic E-state index is 11.6. The lowest BCUT2D eigenvalue weighted by atomic mass is 10.5. The number of nitrogens with zero attached hydrogens (tertiary/aromatic N) is 1. The van der Waals surface area contributed by atoms with Crippen LogP contribution in [0.1, 0.15) is 11.7 Å². The molecule has 17 heteroatoms. The molecule has 0 aliphatic carbocycles. The SMILES string of the molecule is C.CSCC(=N)CSC.O=C(CO)NCCOCCOCC(=O)NCCOCCOCC(=O)NCCN1C(=O)C=CC1=O.[HH].[HH].[HH]. The average molecular weight is 660 g/mol. The van der Waals surface area contributed by atoms with Crippen molar-refractivity contribution in [1.82, 2.24) is 20.9 Å². The Hall–Kier alpha value is -2.54. The lowest BCUT2D eigenvalue weighted by Gasteiger charge is -2.14. The molecule has 0 aromatic heterocycles. The molecule has 0 atom stereocenters. The van der Waals surface area contributed by atoms with E-state index in [-0.39, 0.29) is 103 Å². The Morgan fingerprint density at radius 1 is 0.767 bits per heavy atom. The van der Waals surface area contributed by atoms with Crippen LogP contribution in [0.2, 0.25) is 0 Å². The summed E-state index contributed by atoms with van der Waals surface area (Å²) in [7, 11) is 0. The second-order valence-corrected chi connectivity index (χ2v) is 9.90. The minimum absolute atomic E-state index is 0. The van der Waals surface area contributed by atoms with E-state index in [4.69, 9.17) is 29.5 Å². The molecule has 0 saturated carbocycles. The first kappa shape index (κ1) is 42.6. The van der Waals surface area contributed by atoms with Gasteiger partial charge in [0.15, 0.2) is 0 Å². The zero-order valence-electron chi connectivity index (χ0n) is 24.1. The number of imide groups is 1. The molecule has 15 nitrogen and oxygen atoms in total. The first-order valence-electron chi connectivity index (χ1n) is 13.0. The minimum Gasteiger partial charge on any atom is -0.387 e. The van der Waals surface area contributed by atoms with Crippen molar-refractivity contribution in [2.45, 2.75) is 7.43 Å². The summed E-state index contributed by atoms with van der Waals surface area (Å²) >= 11 is 3.42. The molecule has 1 heterocycles. The second-order valence-electron chi connectivity index (χ2n) is 8.17. The highest BCUT2D eigenvalue weighted by Gasteiger charge is 2.22. The van der Waals surface area contributed by atoms with Gasteiger partial charge >= 0.3 is 0 Å². The molecule has 1 aliphatic rings. The summed E-state index contributed by atoms with van der Waals surface area (Å²) in [5.41, 5.74) is 0.838. The van der Waals surface area contributed by atoms with Gasteiger partial charge in [-0.3, -0.25) is 28.9 Å². The van der Waals surface area contributed by atoms with E-state index in [1.54, 1.807) is 23.5 Å². The molecule has 254 valence electrons. The van der Waals surface area contributed by atoms with Crippen LogP contribution in [0.3, 0.4) is 0 Å². The van der Waals surface area contributed by atoms with Crippen LogP contribution in [0.4, 0.5) is 0 Å². The van der Waals surface area contributed by atoms with Gasteiger partial charge in [0.2, 0.25) is 17.7 Å². The van der Waals surface area contributed by atoms with Crippen LogP contribution in [0.25, 0.3) is 0 Å². The molecule has 1 rings (SSSR count). The third-order valence-corrected chi connectivity index (χ3v) is 5.96. The summed E-state index contributed by atoms with van der Waals surface area (Å²) in [5.74, 6) is -0.180. The standard InChI is InChI=1S/C20H32N4O10.C5H11NS2.CH4.3H2/c25-13-16(26)22-4-7-31-9-12-34-15-18(28)23-5-8-32-10-11-33-14-17(27)21-3-6-24-19(29)1-2-20(24)30;1-7-3-5(6)4-8-2;;;;/h1-2,25H,3-15H2,(H,21,27)(H,22,26)(H,23,28);6H,3-4H2,1-2H3;1H4;3*1H. The van der Waals surface area contributed by atoms with E-state index in [0.29, 0.717) is 0 Å². The van der Waals surface area contributed by atoms with Crippen LogP contribution in [0, 0.1) is 5.41 Å². The van der Waals surface area contributed by atoms with Crippen molar-refractivity contribution >= 4 is 58.8 Å². The van der Waals surface area contributed by atoms with E-state index in [1.807, 2.05) is 12.5 Å². The number of nitrogens with one attached hydrogen (secondary N) is 4. The van der Waals surface area contributed by atoms with Gasteiger partial charge in [-0.05, 0) is 12.5 Å². The van der Waals surface area contributed by atoms with Gasteiger partial charge in [0.25, 0.3) is 11.8 Å². The quantitative estimate of drug-likeness (QED) is 0.0502. The summed E-state index contributed by atoms with van der Waals surface area (Å²) < 4.78 is 20.8. The summed E-state index contributed by atoms with van der Waals surface area (Å²) in [4.78, 5) is 57.7. The van der Waals surface area contributed by atoms with Gasteiger partial charge < -0.3 is 45.4 Å². The number of thioether (sulfide) groups is 2. The van der Waals surface area contributed by atoms with E-state index < -0.39 is 24.3 Å². The molecule has 5 amide bonds. The number of aliphatic hydroxyl groups excluding tert-OH is 1. The van der Waals surface area contributed by atoms with Crippen molar-refractivity contribution in [3.8, 4) is 0 Å². The third-order valence-electron chi connectivity index (χ3n) is 4.69. The number of amides is 5. The largest absolute Gasteiger partial charge is 0.387 e. The summed E-state index contributed by atoms with van der Waals surface area (Å²) in [6.45, 7) is 1.35. The predicted octanol–water partition coefficient (Wildman–Crippen LogP) is -0.575. The highest BCUT2D eigenvalue weighted by molar-refractivity contribution is 8.00. The Balaban J connectivity index is -0.000000412. The smallest absolute Gasteiger partial charge is 0.253 e. The molecule has 0 spiro atoms.